The van der Waals surface area contributed by atoms with Crippen molar-refractivity contribution in [2.24, 2.45) is 4.99 Å². The standard InChI is InChI=1S/C24H34N4O4.HI/c1-6-25-24(26-15-17-7-8-22(31-4)23(11-17)32-5)27-18-9-10-28(16-18)19-12-20(29-2)14-21(13-19)30-3;/h7-8,11-14,18H,6,9-10,15-16H2,1-5H3,(H2,25,26,27);1H. The van der Waals surface area contributed by atoms with Crippen LogP contribution >= 0.6 is 24.0 Å². The fourth-order valence-corrected chi connectivity index (χ4v) is 3.75. The lowest BCUT2D eigenvalue weighted by molar-refractivity contribution is 0.354. The Hall–Kier alpha value is -2.56. The second-order valence-electron chi connectivity index (χ2n) is 7.53. The van der Waals surface area contributed by atoms with Crippen LogP contribution in [0.2, 0.25) is 0 Å². The molecule has 8 nitrogen and oxygen atoms in total. The van der Waals surface area contributed by atoms with Crippen LogP contribution in [0.3, 0.4) is 0 Å². The minimum Gasteiger partial charge on any atom is -0.497 e. The van der Waals surface area contributed by atoms with E-state index >= 15 is 0 Å². The maximum atomic E-state index is 5.42. The normalized spacial score (nSPS) is 15.5. The fraction of sp³-hybridized carbons (Fsp3) is 0.458. The van der Waals surface area contributed by atoms with Crippen molar-refractivity contribution in [3.63, 3.8) is 0 Å². The van der Waals surface area contributed by atoms with Gasteiger partial charge in [-0.2, -0.15) is 0 Å². The summed E-state index contributed by atoms with van der Waals surface area (Å²) >= 11 is 0. The average Bonchev–Trinajstić information content (AvgIpc) is 3.30. The SMILES string of the molecule is CCNC(=NCc1ccc(OC)c(OC)c1)NC1CCN(c2cc(OC)cc(OC)c2)C1.I. The number of ether oxygens (including phenoxy) is 4. The van der Waals surface area contributed by atoms with Crippen molar-refractivity contribution in [2.45, 2.75) is 25.9 Å². The Morgan fingerprint density at radius 3 is 2.27 bits per heavy atom. The molecule has 3 rings (SSSR count). The van der Waals surface area contributed by atoms with E-state index in [2.05, 4.69) is 22.5 Å². The molecule has 182 valence electrons. The third kappa shape index (κ3) is 7.21. The summed E-state index contributed by atoms with van der Waals surface area (Å²) in [6, 6.07) is 12.1. The number of aliphatic imine (C=N–C) groups is 1. The fourth-order valence-electron chi connectivity index (χ4n) is 3.75. The molecule has 1 heterocycles. The molecule has 9 heteroatoms. The summed E-state index contributed by atoms with van der Waals surface area (Å²) in [7, 11) is 6.62. The Morgan fingerprint density at radius 2 is 1.67 bits per heavy atom. The molecule has 1 fully saturated rings. The number of halogens is 1. The van der Waals surface area contributed by atoms with Crippen molar-refractivity contribution < 1.29 is 18.9 Å². The zero-order chi connectivity index (χ0) is 22.9. The largest absolute Gasteiger partial charge is 0.497 e. The second kappa shape index (κ2) is 13.2. The molecule has 1 saturated heterocycles. The van der Waals surface area contributed by atoms with E-state index in [-0.39, 0.29) is 30.0 Å². The Kier molecular flexibility index (Phi) is 10.7. The van der Waals surface area contributed by atoms with Crippen molar-refractivity contribution in [3.8, 4) is 23.0 Å². The maximum Gasteiger partial charge on any atom is 0.191 e. The summed E-state index contributed by atoms with van der Waals surface area (Å²) in [5.74, 6) is 3.81. The van der Waals surface area contributed by atoms with Gasteiger partial charge in [0.25, 0.3) is 0 Å². The van der Waals surface area contributed by atoms with Crippen LogP contribution in [0.5, 0.6) is 23.0 Å². The molecule has 1 aliphatic rings. The number of hydrogen-bond acceptors (Lipinski definition) is 6. The van der Waals surface area contributed by atoms with E-state index < -0.39 is 0 Å². The van der Waals surface area contributed by atoms with Gasteiger partial charge in [-0.3, -0.25) is 0 Å². The van der Waals surface area contributed by atoms with Gasteiger partial charge in [-0.15, -0.1) is 24.0 Å². The first-order chi connectivity index (χ1) is 15.6. The molecular formula is C24H35IN4O4. The van der Waals surface area contributed by atoms with E-state index in [0.29, 0.717) is 18.0 Å². The summed E-state index contributed by atoms with van der Waals surface area (Å²) < 4.78 is 21.5. The highest BCUT2D eigenvalue weighted by Crippen LogP contribution is 2.30. The van der Waals surface area contributed by atoms with Gasteiger partial charge in [-0.25, -0.2) is 4.99 Å². The summed E-state index contributed by atoms with van der Waals surface area (Å²) in [6.45, 7) is 5.22. The van der Waals surface area contributed by atoms with Crippen LogP contribution in [0.15, 0.2) is 41.4 Å². The Bertz CT molecular complexity index is 903. The van der Waals surface area contributed by atoms with Gasteiger partial charge in [0.2, 0.25) is 0 Å². The first-order valence-corrected chi connectivity index (χ1v) is 10.8. The third-order valence-electron chi connectivity index (χ3n) is 5.44. The van der Waals surface area contributed by atoms with Crippen LogP contribution in [0, 0.1) is 0 Å². The lowest BCUT2D eigenvalue weighted by Gasteiger charge is -2.21. The topological polar surface area (TPSA) is 76.6 Å². The molecule has 1 unspecified atom stereocenters. The first-order valence-electron chi connectivity index (χ1n) is 10.8. The highest BCUT2D eigenvalue weighted by Gasteiger charge is 2.24. The van der Waals surface area contributed by atoms with Gasteiger partial charge in [0, 0.05) is 49.6 Å². The molecule has 0 aromatic heterocycles. The molecule has 1 aliphatic heterocycles. The minimum atomic E-state index is 0. The minimum absolute atomic E-state index is 0. The highest BCUT2D eigenvalue weighted by atomic mass is 127. The van der Waals surface area contributed by atoms with E-state index in [1.165, 1.54) is 0 Å². The van der Waals surface area contributed by atoms with Crippen LogP contribution in [0.4, 0.5) is 5.69 Å². The van der Waals surface area contributed by atoms with E-state index in [1.807, 2.05) is 36.4 Å². The van der Waals surface area contributed by atoms with Crippen molar-refractivity contribution in [3.05, 3.63) is 42.0 Å². The average molecular weight is 570 g/mol. The van der Waals surface area contributed by atoms with Crippen LogP contribution in [0.25, 0.3) is 0 Å². The first kappa shape index (κ1) is 26.7. The Morgan fingerprint density at radius 1 is 0.970 bits per heavy atom. The van der Waals surface area contributed by atoms with E-state index in [1.54, 1.807) is 28.4 Å². The quantitative estimate of drug-likeness (QED) is 0.271. The number of anilines is 1. The molecule has 2 aromatic carbocycles. The van der Waals surface area contributed by atoms with Gasteiger partial charge in [0.1, 0.15) is 11.5 Å². The lowest BCUT2D eigenvalue weighted by atomic mass is 10.2. The number of nitrogens with one attached hydrogen (secondary N) is 2. The number of methoxy groups -OCH3 is 4. The highest BCUT2D eigenvalue weighted by molar-refractivity contribution is 14.0. The van der Waals surface area contributed by atoms with Crippen LogP contribution in [0.1, 0.15) is 18.9 Å². The van der Waals surface area contributed by atoms with Gasteiger partial charge < -0.3 is 34.5 Å². The van der Waals surface area contributed by atoms with Crippen molar-refractivity contribution >= 4 is 35.6 Å². The molecule has 2 N–H and O–H groups in total. The van der Waals surface area contributed by atoms with E-state index in [0.717, 1.165) is 54.8 Å². The van der Waals surface area contributed by atoms with Crippen LogP contribution < -0.4 is 34.5 Å². The van der Waals surface area contributed by atoms with Crippen LogP contribution in [-0.2, 0) is 6.54 Å². The summed E-state index contributed by atoms with van der Waals surface area (Å²) in [4.78, 5) is 7.10. The van der Waals surface area contributed by atoms with Gasteiger partial charge in [0.15, 0.2) is 17.5 Å². The number of guanidine groups is 1. The van der Waals surface area contributed by atoms with E-state index in [9.17, 15) is 0 Å². The van der Waals surface area contributed by atoms with E-state index in [4.69, 9.17) is 23.9 Å². The number of nitrogens with zero attached hydrogens (tertiary/aromatic N) is 2. The molecule has 2 aromatic rings. The smallest absolute Gasteiger partial charge is 0.191 e. The summed E-state index contributed by atoms with van der Waals surface area (Å²) in [5, 5.41) is 6.92. The van der Waals surface area contributed by atoms with Gasteiger partial charge in [-0.05, 0) is 31.0 Å². The zero-order valence-corrected chi connectivity index (χ0v) is 22.3. The molecule has 0 radical (unpaired) electrons. The third-order valence-corrected chi connectivity index (χ3v) is 5.44. The molecule has 0 aliphatic carbocycles. The predicted molar refractivity (Wildman–Crippen MR) is 143 cm³/mol. The molecule has 1 atom stereocenters. The van der Waals surface area contributed by atoms with Crippen molar-refractivity contribution in [2.75, 3.05) is 53.0 Å². The van der Waals surface area contributed by atoms with Crippen LogP contribution in [-0.4, -0.2) is 60.1 Å². The number of benzene rings is 2. The van der Waals surface area contributed by atoms with Crippen molar-refractivity contribution in [1.29, 1.82) is 0 Å². The molecule has 33 heavy (non-hydrogen) atoms. The molecular weight excluding hydrogens is 535 g/mol. The Labute approximate surface area is 213 Å². The summed E-state index contributed by atoms with van der Waals surface area (Å²) in [6.07, 6.45) is 1.01. The van der Waals surface area contributed by atoms with Crippen molar-refractivity contribution in [1.82, 2.24) is 10.6 Å². The number of hydrogen-bond donors (Lipinski definition) is 2. The second-order valence-corrected chi connectivity index (χ2v) is 7.53. The summed E-state index contributed by atoms with van der Waals surface area (Å²) in [5.41, 5.74) is 2.15. The zero-order valence-electron chi connectivity index (χ0n) is 20.0. The lowest BCUT2D eigenvalue weighted by Crippen LogP contribution is -2.44. The maximum absolute atomic E-state index is 5.42. The molecule has 0 saturated carbocycles. The van der Waals surface area contributed by atoms with Gasteiger partial charge in [0.05, 0.1) is 35.0 Å². The molecule has 0 bridgehead atoms. The number of rotatable bonds is 9. The van der Waals surface area contributed by atoms with Gasteiger partial charge >= 0.3 is 0 Å². The monoisotopic (exact) mass is 570 g/mol. The predicted octanol–water partition coefficient (Wildman–Crippen LogP) is 3.67. The molecule has 0 amide bonds. The van der Waals surface area contributed by atoms with Gasteiger partial charge in [-0.1, -0.05) is 6.07 Å². The molecule has 0 spiro atoms. The Balaban J connectivity index is 0.00000385.